The zero-order chi connectivity index (χ0) is 18.6. The van der Waals surface area contributed by atoms with Crippen LogP contribution in [0.2, 0.25) is 0 Å². The standard InChI is InChI=1S/C17H23N7O/c1-6-7-13-9-15(22-24(13)17(3,4)5)16(25)20-12-8-14(21-23-18)11(2)19-10-12/h8-10H,6-7H2,1-5H3,(H,20,25). The zero-order valence-corrected chi connectivity index (χ0v) is 15.2. The maximum Gasteiger partial charge on any atom is 0.276 e. The lowest BCUT2D eigenvalue weighted by molar-refractivity contribution is 0.102. The smallest absolute Gasteiger partial charge is 0.276 e. The quantitative estimate of drug-likeness (QED) is 0.491. The van der Waals surface area contributed by atoms with E-state index in [0.717, 1.165) is 18.5 Å². The predicted molar refractivity (Wildman–Crippen MR) is 97.0 cm³/mol. The Morgan fingerprint density at radius 1 is 1.40 bits per heavy atom. The van der Waals surface area contributed by atoms with Crippen LogP contribution in [0.25, 0.3) is 10.4 Å². The molecule has 2 aromatic rings. The van der Waals surface area contributed by atoms with Crippen LogP contribution in [0.5, 0.6) is 0 Å². The first-order valence-electron chi connectivity index (χ1n) is 8.18. The average molecular weight is 341 g/mol. The molecule has 0 aliphatic carbocycles. The number of azide groups is 1. The van der Waals surface area contributed by atoms with E-state index in [1.807, 2.05) is 10.7 Å². The molecule has 0 saturated carbocycles. The molecule has 132 valence electrons. The molecule has 2 rings (SSSR count). The van der Waals surface area contributed by atoms with Gasteiger partial charge in [-0.05, 0) is 51.8 Å². The van der Waals surface area contributed by atoms with Crippen LogP contribution in [0.15, 0.2) is 23.4 Å². The first kappa shape index (κ1) is 18.5. The van der Waals surface area contributed by atoms with Gasteiger partial charge in [-0.3, -0.25) is 14.5 Å². The summed E-state index contributed by atoms with van der Waals surface area (Å²) in [7, 11) is 0. The van der Waals surface area contributed by atoms with Crippen LogP contribution in [0.3, 0.4) is 0 Å². The van der Waals surface area contributed by atoms with E-state index < -0.39 is 0 Å². The number of hydrogen-bond acceptors (Lipinski definition) is 4. The van der Waals surface area contributed by atoms with Crippen molar-refractivity contribution >= 4 is 17.3 Å². The summed E-state index contributed by atoms with van der Waals surface area (Å²) >= 11 is 0. The number of amides is 1. The SMILES string of the molecule is CCCc1cc(C(=O)Nc2cnc(C)c(N=[N+]=[N-])c2)nn1C(C)(C)C. The van der Waals surface area contributed by atoms with Crippen molar-refractivity contribution in [3.05, 3.63) is 45.9 Å². The van der Waals surface area contributed by atoms with E-state index >= 15 is 0 Å². The average Bonchev–Trinajstić information content (AvgIpc) is 2.96. The van der Waals surface area contributed by atoms with Gasteiger partial charge in [-0.25, -0.2) is 0 Å². The molecule has 0 aromatic carbocycles. The second-order valence-electron chi connectivity index (χ2n) is 6.83. The molecule has 0 atom stereocenters. The summed E-state index contributed by atoms with van der Waals surface area (Å²) in [6, 6.07) is 3.41. The van der Waals surface area contributed by atoms with Crippen LogP contribution in [-0.2, 0) is 12.0 Å². The number of hydrogen-bond donors (Lipinski definition) is 1. The molecule has 0 spiro atoms. The molecule has 2 aromatic heterocycles. The normalized spacial score (nSPS) is 11.1. The molecular formula is C17H23N7O. The van der Waals surface area contributed by atoms with E-state index in [4.69, 9.17) is 5.53 Å². The maximum absolute atomic E-state index is 12.5. The fourth-order valence-corrected chi connectivity index (χ4v) is 2.48. The van der Waals surface area contributed by atoms with Gasteiger partial charge in [-0.2, -0.15) is 5.10 Å². The van der Waals surface area contributed by atoms with Gasteiger partial charge in [0, 0.05) is 16.3 Å². The molecule has 0 unspecified atom stereocenters. The third-order valence-electron chi connectivity index (χ3n) is 3.63. The first-order valence-corrected chi connectivity index (χ1v) is 8.18. The predicted octanol–water partition coefficient (Wildman–Crippen LogP) is 4.49. The van der Waals surface area contributed by atoms with Crippen molar-refractivity contribution in [2.24, 2.45) is 5.11 Å². The number of nitrogens with one attached hydrogen (secondary N) is 1. The summed E-state index contributed by atoms with van der Waals surface area (Å²) in [6.07, 6.45) is 3.35. The summed E-state index contributed by atoms with van der Waals surface area (Å²) in [6.45, 7) is 9.98. The number of carbonyl (C=O) groups excluding carboxylic acids is 1. The number of nitrogens with zero attached hydrogens (tertiary/aromatic N) is 6. The Kier molecular flexibility index (Phi) is 5.44. The highest BCUT2D eigenvalue weighted by atomic mass is 16.2. The van der Waals surface area contributed by atoms with Gasteiger partial charge in [0.2, 0.25) is 0 Å². The second-order valence-corrected chi connectivity index (χ2v) is 6.83. The van der Waals surface area contributed by atoms with Crippen molar-refractivity contribution in [2.75, 3.05) is 5.32 Å². The van der Waals surface area contributed by atoms with Crippen molar-refractivity contribution in [3.8, 4) is 0 Å². The van der Waals surface area contributed by atoms with Crippen molar-refractivity contribution in [2.45, 2.75) is 53.0 Å². The van der Waals surface area contributed by atoms with Gasteiger partial charge in [0.1, 0.15) is 0 Å². The summed E-state index contributed by atoms with van der Waals surface area (Å²) in [5, 5.41) is 10.8. The lowest BCUT2D eigenvalue weighted by Gasteiger charge is -2.22. The number of pyridine rings is 1. The van der Waals surface area contributed by atoms with Crippen molar-refractivity contribution in [1.82, 2.24) is 14.8 Å². The maximum atomic E-state index is 12.5. The van der Waals surface area contributed by atoms with Gasteiger partial charge in [0.25, 0.3) is 5.91 Å². The van der Waals surface area contributed by atoms with Crippen molar-refractivity contribution in [3.63, 3.8) is 0 Å². The molecule has 2 heterocycles. The Morgan fingerprint density at radius 2 is 2.12 bits per heavy atom. The lowest BCUT2D eigenvalue weighted by atomic mass is 10.1. The van der Waals surface area contributed by atoms with E-state index in [0.29, 0.717) is 22.8 Å². The molecule has 0 saturated heterocycles. The Hall–Kier alpha value is -2.86. The van der Waals surface area contributed by atoms with Crippen LogP contribution in [0.1, 0.15) is 56.0 Å². The van der Waals surface area contributed by atoms with Crippen LogP contribution >= 0.6 is 0 Å². The van der Waals surface area contributed by atoms with Crippen LogP contribution in [-0.4, -0.2) is 20.7 Å². The van der Waals surface area contributed by atoms with E-state index in [1.54, 1.807) is 13.0 Å². The van der Waals surface area contributed by atoms with E-state index in [-0.39, 0.29) is 11.4 Å². The molecule has 8 heteroatoms. The minimum Gasteiger partial charge on any atom is -0.319 e. The van der Waals surface area contributed by atoms with E-state index in [2.05, 4.69) is 53.1 Å². The van der Waals surface area contributed by atoms with Gasteiger partial charge in [0.15, 0.2) is 5.69 Å². The van der Waals surface area contributed by atoms with Crippen LogP contribution < -0.4 is 5.32 Å². The van der Waals surface area contributed by atoms with E-state index in [9.17, 15) is 4.79 Å². The topological polar surface area (TPSA) is 109 Å². The molecule has 1 amide bonds. The monoisotopic (exact) mass is 341 g/mol. The third-order valence-corrected chi connectivity index (χ3v) is 3.63. The minimum atomic E-state index is -0.321. The van der Waals surface area contributed by atoms with Crippen LogP contribution in [0.4, 0.5) is 11.4 Å². The molecule has 0 fully saturated rings. The largest absolute Gasteiger partial charge is 0.319 e. The third kappa shape index (κ3) is 4.36. The van der Waals surface area contributed by atoms with E-state index in [1.165, 1.54) is 6.20 Å². The number of carbonyl (C=O) groups is 1. The Labute approximate surface area is 146 Å². The first-order chi connectivity index (χ1) is 11.8. The van der Waals surface area contributed by atoms with Gasteiger partial charge < -0.3 is 5.32 Å². The summed E-state index contributed by atoms with van der Waals surface area (Å²) in [5.41, 5.74) is 11.2. The lowest BCUT2D eigenvalue weighted by Crippen LogP contribution is -2.26. The Morgan fingerprint density at radius 3 is 2.72 bits per heavy atom. The molecule has 25 heavy (non-hydrogen) atoms. The molecule has 8 nitrogen and oxygen atoms in total. The van der Waals surface area contributed by atoms with Gasteiger partial charge in [0.05, 0.1) is 23.1 Å². The molecule has 0 radical (unpaired) electrons. The molecular weight excluding hydrogens is 318 g/mol. The fourth-order valence-electron chi connectivity index (χ4n) is 2.48. The van der Waals surface area contributed by atoms with Gasteiger partial charge in [-0.15, -0.1) is 0 Å². The molecule has 1 N–H and O–H groups in total. The van der Waals surface area contributed by atoms with Gasteiger partial charge >= 0.3 is 0 Å². The summed E-state index contributed by atoms with van der Waals surface area (Å²) in [5.74, 6) is -0.321. The highest BCUT2D eigenvalue weighted by molar-refractivity contribution is 6.03. The summed E-state index contributed by atoms with van der Waals surface area (Å²) < 4.78 is 1.89. The molecule has 0 aliphatic heterocycles. The highest BCUT2D eigenvalue weighted by Gasteiger charge is 2.22. The minimum absolute atomic E-state index is 0.205. The Balaban J connectivity index is 2.29. The van der Waals surface area contributed by atoms with Crippen LogP contribution in [0, 0.1) is 6.92 Å². The highest BCUT2D eigenvalue weighted by Crippen LogP contribution is 2.22. The zero-order valence-electron chi connectivity index (χ0n) is 15.2. The van der Waals surface area contributed by atoms with Crippen molar-refractivity contribution < 1.29 is 4.79 Å². The number of anilines is 1. The molecule has 0 bridgehead atoms. The van der Waals surface area contributed by atoms with Gasteiger partial charge in [-0.1, -0.05) is 18.5 Å². The number of aromatic nitrogens is 3. The number of aryl methyl sites for hydroxylation is 2. The Bertz CT molecular complexity index is 826. The molecule has 0 aliphatic rings. The number of rotatable bonds is 5. The summed E-state index contributed by atoms with van der Waals surface area (Å²) in [4.78, 5) is 19.4. The fraction of sp³-hybridized carbons (Fsp3) is 0.471. The second kappa shape index (κ2) is 7.36. The van der Waals surface area contributed by atoms with Crippen molar-refractivity contribution in [1.29, 1.82) is 0 Å².